The van der Waals surface area contributed by atoms with E-state index in [-0.39, 0.29) is 11.8 Å². The number of nitrogens with zero attached hydrogens (tertiary/aromatic N) is 1. The summed E-state index contributed by atoms with van der Waals surface area (Å²) in [5, 5.41) is 0. The topological polar surface area (TPSA) is 33.5 Å². The van der Waals surface area contributed by atoms with Crippen LogP contribution in [0.3, 0.4) is 0 Å². The highest BCUT2D eigenvalue weighted by atomic mass is 35.5. The Balaban J connectivity index is 2.47. The number of furan rings is 1. The molecule has 4 heteroatoms. The fourth-order valence-corrected chi connectivity index (χ4v) is 1.03. The van der Waals surface area contributed by atoms with Crippen molar-refractivity contribution in [2.45, 2.75) is 6.54 Å². The lowest BCUT2D eigenvalue weighted by molar-refractivity contribution is -0.127. The Morgan fingerprint density at radius 2 is 2.50 bits per heavy atom. The van der Waals surface area contributed by atoms with Gasteiger partial charge in [0.15, 0.2) is 0 Å². The first-order valence-electron chi connectivity index (χ1n) is 3.56. The van der Waals surface area contributed by atoms with Crippen LogP contribution in [0.2, 0.25) is 0 Å². The van der Waals surface area contributed by atoms with Crippen molar-refractivity contribution < 1.29 is 9.21 Å². The molecule has 1 rings (SSSR count). The Kier molecular flexibility index (Phi) is 3.17. The van der Waals surface area contributed by atoms with Crippen LogP contribution in [0.5, 0.6) is 0 Å². The van der Waals surface area contributed by atoms with Crippen molar-refractivity contribution in [3.8, 4) is 0 Å². The minimum atomic E-state index is -0.104. The average Bonchev–Trinajstić information content (AvgIpc) is 2.55. The van der Waals surface area contributed by atoms with Gasteiger partial charge in [-0.15, -0.1) is 11.6 Å². The summed E-state index contributed by atoms with van der Waals surface area (Å²) in [5.74, 6) is 0.668. The number of hydrogen-bond donors (Lipinski definition) is 0. The van der Waals surface area contributed by atoms with Crippen molar-refractivity contribution in [2.24, 2.45) is 0 Å². The van der Waals surface area contributed by atoms with Gasteiger partial charge in [-0.25, -0.2) is 0 Å². The molecule has 0 fully saturated rings. The summed E-state index contributed by atoms with van der Waals surface area (Å²) in [5.41, 5.74) is 0. The van der Waals surface area contributed by atoms with Crippen molar-refractivity contribution in [3.05, 3.63) is 24.2 Å². The predicted molar refractivity (Wildman–Crippen MR) is 45.9 cm³/mol. The number of hydrogen-bond acceptors (Lipinski definition) is 2. The molecule has 0 aliphatic heterocycles. The van der Waals surface area contributed by atoms with Gasteiger partial charge in [0.1, 0.15) is 11.6 Å². The molecule has 1 aromatic heterocycles. The lowest BCUT2D eigenvalue weighted by Crippen LogP contribution is -2.26. The van der Waals surface area contributed by atoms with Crippen LogP contribution in [0.25, 0.3) is 0 Å². The first-order chi connectivity index (χ1) is 5.74. The molecule has 1 heterocycles. The van der Waals surface area contributed by atoms with Crippen molar-refractivity contribution in [2.75, 3.05) is 12.9 Å². The Morgan fingerprint density at radius 1 is 1.75 bits per heavy atom. The first-order valence-corrected chi connectivity index (χ1v) is 4.10. The summed E-state index contributed by atoms with van der Waals surface area (Å²) in [6, 6.07) is 3.60. The maximum Gasteiger partial charge on any atom is 0.237 e. The third-order valence-electron chi connectivity index (χ3n) is 1.51. The van der Waals surface area contributed by atoms with Crippen molar-refractivity contribution in [1.82, 2.24) is 4.90 Å². The van der Waals surface area contributed by atoms with E-state index in [0.717, 1.165) is 5.76 Å². The van der Waals surface area contributed by atoms with E-state index in [0.29, 0.717) is 6.54 Å². The maximum absolute atomic E-state index is 11.0. The summed E-state index contributed by atoms with van der Waals surface area (Å²) >= 11 is 5.37. The maximum atomic E-state index is 11.0. The smallest absolute Gasteiger partial charge is 0.237 e. The van der Waals surface area contributed by atoms with Crippen molar-refractivity contribution in [1.29, 1.82) is 0 Å². The molecule has 12 heavy (non-hydrogen) atoms. The van der Waals surface area contributed by atoms with Crippen molar-refractivity contribution >= 4 is 17.5 Å². The highest BCUT2D eigenvalue weighted by Gasteiger charge is 2.08. The molecule has 66 valence electrons. The van der Waals surface area contributed by atoms with Gasteiger partial charge < -0.3 is 9.32 Å². The summed E-state index contributed by atoms with van der Waals surface area (Å²) < 4.78 is 5.06. The predicted octanol–water partition coefficient (Wildman–Crippen LogP) is 1.48. The van der Waals surface area contributed by atoms with Gasteiger partial charge in [0.25, 0.3) is 0 Å². The second-order valence-corrected chi connectivity index (χ2v) is 2.73. The highest BCUT2D eigenvalue weighted by Crippen LogP contribution is 2.03. The van der Waals surface area contributed by atoms with Gasteiger partial charge in [0.2, 0.25) is 5.91 Å². The van der Waals surface area contributed by atoms with Crippen LogP contribution >= 0.6 is 11.6 Å². The number of rotatable bonds is 3. The minimum Gasteiger partial charge on any atom is -0.467 e. The second kappa shape index (κ2) is 4.16. The molecule has 0 aliphatic rings. The quantitative estimate of drug-likeness (QED) is 0.672. The second-order valence-electron chi connectivity index (χ2n) is 2.46. The molecule has 0 radical (unpaired) electrons. The van der Waals surface area contributed by atoms with E-state index in [4.69, 9.17) is 16.0 Å². The zero-order valence-electron chi connectivity index (χ0n) is 6.79. The third-order valence-corrected chi connectivity index (χ3v) is 1.74. The fraction of sp³-hybridized carbons (Fsp3) is 0.375. The van der Waals surface area contributed by atoms with Gasteiger partial charge in [-0.05, 0) is 12.1 Å². The van der Waals surface area contributed by atoms with E-state index in [1.165, 1.54) is 4.90 Å². The van der Waals surface area contributed by atoms with Crippen molar-refractivity contribution in [3.63, 3.8) is 0 Å². The van der Waals surface area contributed by atoms with E-state index in [9.17, 15) is 4.79 Å². The lowest BCUT2D eigenvalue weighted by Gasteiger charge is -2.13. The zero-order chi connectivity index (χ0) is 8.97. The lowest BCUT2D eigenvalue weighted by atomic mass is 10.4. The Morgan fingerprint density at radius 3 is 3.00 bits per heavy atom. The van der Waals surface area contributed by atoms with Crippen LogP contribution in [0.1, 0.15) is 5.76 Å². The molecule has 0 spiro atoms. The van der Waals surface area contributed by atoms with Crippen LogP contribution in [-0.4, -0.2) is 23.7 Å². The average molecular weight is 188 g/mol. The minimum absolute atomic E-state index is 0.0111. The Labute approximate surface area is 75.9 Å². The normalized spacial score (nSPS) is 9.83. The summed E-state index contributed by atoms with van der Waals surface area (Å²) in [6.07, 6.45) is 1.58. The Hall–Kier alpha value is -0.960. The third kappa shape index (κ3) is 2.27. The molecule has 0 saturated carbocycles. The first kappa shape index (κ1) is 9.13. The molecule has 1 aromatic rings. The molecule has 0 unspecified atom stereocenters. The summed E-state index contributed by atoms with van der Waals surface area (Å²) in [6.45, 7) is 0.471. The number of halogens is 1. The molecular formula is C8H10ClNO2. The molecular weight excluding hydrogens is 178 g/mol. The Bertz CT molecular complexity index is 246. The van der Waals surface area contributed by atoms with E-state index in [1.807, 2.05) is 6.07 Å². The van der Waals surface area contributed by atoms with Gasteiger partial charge in [-0.1, -0.05) is 0 Å². The molecule has 0 aromatic carbocycles. The molecule has 0 saturated heterocycles. The SMILES string of the molecule is CN(Cc1ccco1)C(=O)CCl. The largest absolute Gasteiger partial charge is 0.467 e. The molecule has 0 atom stereocenters. The van der Waals surface area contributed by atoms with Gasteiger partial charge in [-0.3, -0.25) is 4.79 Å². The molecule has 0 N–H and O–H groups in total. The number of amides is 1. The van der Waals surface area contributed by atoms with Crippen LogP contribution in [0, 0.1) is 0 Å². The van der Waals surface area contributed by atoms with Crippen LogP contribution in [-0.2, 0) is 11.3 Å². The highest BCUT2D eigenvalue weighted by molar-refractivity contribution is 6.27. The van der Waals surface area contributed by atoms with Gasteiger partial charge in [0.05, 0.1) is 12.8 Å². The monoisotopic (exact) mass is 187 g/mol. The standard InChI is InChI=1S/C8H10ClNO2/c1-10(8(11)5-9)6-7-3-2-4-12-7/h2-4H,5-6H2,1H3. The van der Waals surface area contributed by atoms with Crippen LogP contribution in [0.15, 0.2) is 22.8 Å². The summed E-state index contributed by atoms with van der Waals surface area (Å²) in [4.78, 5) is 12.5. The fourth-order valence-electron chi connectivity index (χ4n) is 0.826. The molecule has 3 nitrogen and oxygen atoms in total. The zero-order valence-corrected chi connectivity index (χ0v) is 7.54. The van der Waals surface area contributed by atoms with Crippen LogP contribution in [0.4, 0.5) is 0 Å². The molecule has 0 aliphatic carbocycles. The van der Waals surface area contributed by atoms with E-state index in [2.05, 4.69) is 0 Å². The molecule has 0 bridgehead atoms. The van der Waals surface area contributed by atoms with Crippen LogP contribution < -0.4 is 0 Å². The van der Waals surface area contributed by atoms with Gasteiger partial charge in [-0.2, -0.15) is 0 Å². The number of alkyl halides is 1. The van der Waals surface area contributed by atoms with E-state index in [1.54, 1.807) is 19.4 Å². The number of carbonyl (C=O) groups excluding carboxylic acids is 1. The van der Waals surface area contributed by atoms with Gasteiger partial charge in [0, 0.05) is 7.05 Å². The van der Waals surface area contributed by atoms with Gasteiger partial charge >= 0.3 is 0 Å². The number of carbonyl (C=O) groups is 1. The summed E-state index contributed by atoms with van der Waals surface area (Å²) in [7, 11) is 1.69. The molecule has 1 amide bonds. The van der Waals surface area contributed by atoms with E-state index >= 15 is 0 Å². The van der Waals surface area contributed by atoms with E-state index < -0.39 is 0 Å².